The molecule has 0 N–H and O–H groups in total. The molecule has 0 amide bonds. The summed E-state index contributed by atoms with van der Waals surface area (Å²) in [5, 5.41) is 0. The third-order valence-corrected chi connectivity index (χ3v) is 5.19. The molecule has 3 heteroatoms. The van der Waals surface area contributed by atoms with Crippen LogP contribution in [0.5, 0.6) is 0 Å². The van der Waals surface area contributed by atoms with Gasteiger partial charge >= 0.3 is 8.56 Å². The van der Waals surface area contributed by atoms with Gasteiger partial charge < -0.3 is 8.85 Å². The Morgan fingerprint density at radius 3 is 1.53 bits per heavy atom. The highest BCUT2D eigenvalue weighted by Crippen LogP contribution is 2.11. The van der Waals surface area contributed by atoms with Crippen molar-refractivity contribution in [2.75, 3.05) is 13.2 Å². The Kier molecular flexibility index (Phi) is 13.2. The van der Waals surface area contributed by atoms with Gasteiger partial charge in [-0.3, -0.25) is 0 Å². The van der Waals surface area contributed by atoms with Crippen LogP contribution in [0, 0.1) is 0 Å². The van der Waals surface area contributed by atoms with E-state index in [9.17, 15) is 0 Å². The Bertz CT molecular complexity index is 184. The lowest BCUT2D eigenvalue weighted by Crippen LogP contribution is -2.35. The molecular weight excluding hydrogens is 252 g/mol. The van der Waals surface area contributed by atoms with Crippen molar-refractivity contribution in [1.29, 1.82) is 0 Å². The fraction of sp³-hybridized carbons (Fsp3) is 1.00. The largest absolute Gasteiger partial charge is 0.395 e. The maximum absolute atomic E-state index is 5.94. The highest BCUT2D eigenvalue weighted by molar-refractivity contribution is 6.64. The van der Waals surface area contributed by atoms with Gasteiger partial charge in [0.2, 0.25) is 0 Å². The van der Waals surface area contributed by atoms with E-state index in [1.807, 2.05) is 0 Å². The lowest BCUT2D eigenvalue weighted by Gasteiger charge is -2.22. The van der Waals surface area contributed by atoms with Crippen molar-refractivity contribution in [2.45, 2.75) is 91.1 Å². The van der Waals surface area contributed by atoms with E-state index in [-0.39, 0.29) is 0 Å². The third-order valence-electron chi connectivity index (χ3n) is 3.40. The Morgan fingerprint density at radius 2 is 1.00 bits per heavy atom. The van der Waals surface area contributed by atoms with Crippen molar-refractivity contribution < 1.29 is 8.85 Å². The molecule has 116 valence electrons. The van der Waals surface area contributed by atoms with Gasteiger partial charge in [0.05, 0.1) is 0 Å². The number of unbranched alkanes of at least 4 members (excludes halogenated alkanes) is 8. The summed E-state index contributed by atoms with van der Waals surface area (Å²) in [6.45, 7) is 10.5. The van der Waals surface area contributed by atoms with E-state index in [4.69, 9.17) is 8.85 Å². The van der Waals surface area contributed by atoms with Crippen LogP contribution in [0.4, 0.5) is 0 Å². The predicted molar refractivity (Wildman–Crippen MR) is 86.9 cm³/mol. The maximum Gasteiger partial charge on any atom is 0.331 e. The summed E-state index contributed by atoms with van der Waals surface area (Å²) in [6.07, 6.45) is 13.2. The van der Waals surface area contributed by atoms with Crippen molar-refractivity contribution in [3.05, 3.63) is 0 Å². The van der Waals surface area contributed by atoms with Gasteiger partial charge in [0.25, 0.3) is 0 Å². The first-order valence-corrected chi connectivity index (χ1v) is 11.2. The molecule has 0 bridgehead atoms. The molecule has 0 aliphatic rings. The summed E-state index contributed by atoms with van der Waals surface area (Å²) in [7, 11) is -1.83. The fourth-order valence-electron chi connectivity index (χ4n) is 2.06. The second-order valence-electron chi connectivity index (χ2n) is 5.93. The summed E-state index contributed by atoms with van der Waals surface area (Å²) in [6, 6.07) is 0. The van der Waals surface area contributed by atoms with Crippen LogP contribution in [0.25, 0.3) is 0 Å². The quantitative estimate of drug-likeness (QED) is 0.303. The molecule has 19 heavy (non-hydrogen) atoms. The second-order valence-corrected chi connectivity index (χ2v) is 9.30. The van der Waals surface area contributed by atoms with E-state index < -0.39 is 8.56 Å². The Hall–Kier alpha value is 0.137. The minimum absolute atomic E-state index is 0.868. The first-order chi connectivity index (χ1) is 9.12. The SMILES string of the molecule is CCCCCCCCCCO[Si](C)(C)OCCCC. The van der Waals surface area contributed by atoms with E-state index in [0.717, 1.165) is 19.6 Å². The van der Waals surface area contributed by atoms with E-state index >= 15 is 0 Å². The minimum atomic E-state index is -1.83. The second kappa shape index (κ2) is 13.1. The van der Waals surface area contributed by atoms with Crippen molar-refractivity contribution in [3.8, 4) is 0 Å². The van der Waals surface area contributed by atoms with Crippen molar-refractivity contribution in [2.24, 2.45) is 0 Å². The molecule has 0 aliphatic carbocycles. The van der Waals surface area contributed by atoms with Crippen LogP contribution in [0.2, 0.25) is 13.1 Å². The monoisotopic (exact) mass is 288 g/mol. The fourth-order valence-corrected chi connectivity index (χ4v) is 3.41. The summed E-state index contributed by atoms with van der Waals surface area (Å²) in [4.78, 5) is 0. The third kappa shape index (κ3) is 14.4. The molecule has 0 aromatic rings. The molecule has 0 aliphatic heterocycles. The lowest BCUT2D eigenvalue weighted by atomic mass is 10.1. The Labute approximate surface area is 122 Å². The van der Waals surface area contributed by atoms with Crippen molar-refractivity contribution in [1.82, 2.24) is 0 Å². The molecule has 0 saturated heterocycles. The van der Waals surface area contributed by atoms with E-state index in [1.165, 1.54) is 57.8 Å². The molecule has 0 unspecified atom stereocenters. The Balaban J connectivity index is 3.27. The normalized spacial score (nSPS) is 12.0. The van der Waals surface area contributed by atoms with Gasteiger partial charge in [-0.1, -0.05) is 65.2 Å². The first-order valence-electron chi connectivity index (χ1n) is 8.40. The molecule has 2 nitrogen and oxygen atoms in total. The van der Waals surface area contributed by atoms with Crippen LogP contribution >= 0.6 is 0 Å². The molecule has 0 aromatic heterocycles. The molecule has 0 radical (unpaired) electrons. The van der Waals surface area contributed by atoms with E-state index in [0.29, 0.717) is 0 Å². The number of hydrogen-bond acceptors (Lipinski definition) is 2. The molecule has 0 atom stereocenters. The molecule has 0 heterocycles. The van der Waals surface area contributed by atoms with Crippen LogP contribution in [0.1, 0.15) is 78.1 Å². The van der Waals surface area contributed by atoms with Gasteiger partial charge in [0.1, 0.15) is 0 Å². The Morgan fingerprint density at radius 1 is 0.579 bits per heavy atom. The topological polar surface area (TPSA) is 18.5 Å². The predicted octanol–water partition coefficient (Wildman–Crippen LogP) is 5.66. The average molecular weight is 289 g/mol. The molecule has 0 saturated carbocycles. The van der Waals surface area contributed by atoms with Crippen LogP contribution in [0.3, 0.4) is 0 Å². The van der Waals surface area contributed by atoms with Gasteiger partial charge in [0.15, 0.2) is 0 Å². The van der Waals surface area contributed by atoms with Gasteiger partial charge in [-0.05, 0) is 25.9 Å². The highest BCUT2D eigenvalue weighted by Gasteiger charge is 2.23. The standard InChI is InChI=1S/C16H36O2Si/c1-5-7-9-10-11-12-13-14-16-18-19(3,4)17-15-8-6-2/h5-16H2,1-4H3. The van der Waals surface area contributed by atoms with E-state index in [1.54, 1.807) is 0 Å². The van der Waals surface area contributed by atoms with Crippen LogP contribution < -0.4 is 0 Å². The molecule has 0 spiro atoms. The van der Waals surface area contributed by atoms with Gasteiger partial charge in [0, 0.05) is 13.2 Å². The summed E-state index contributed by atoms with van der Waals surface area (Å²) >= 11 is 0. The highest BCUT2D eigenvalue weighted by atomic mass is 28.4. The minimum Gasteiger partial charge on any atom is -0.395 e. The molecule has 0 aromatic carbocycles. The maximum atomic E-state index is 5.94. The van der Waals surface area contributed by atoms with Crippen LogP contribution in [-0.2, 0) is 8.85 Å². The van der Waals surface area contributed by atoms with Gasteiger partial charge in [-0.25, -0.2) is 0 Å². The van der Waals surface area contributed by atoms with E-state index in [2.05, 4.69) is 26.9 Å². The molecule has 0 fully saturated rings. The summed E-state index contributed by atoms with van der Waals surface area (Å²) in [5.41, 5.74) is 0. The van der Waals surface area contributed by atoms with Crippen LogP contribution in [0.15, 0.2) is 0 Å². The number of hydrogen-bond donors (Lipinski definition) is 0. The zero-order valence-corrected chi connectivity index (χ0v) is 14.8. The van der Waals surface area contributed by atoms with Gasteiger partial charge in [-0.2, -0.15) is 0 Å². The number of rotatable bonds is 14. The van der Waals surface area contributed by atoms with Crippen molar-refractivity contribution in [3.63, 3.8) is 0 Å². The summed E-state index contributed by atoms with van der Waals surface area (Å²) in [5.74, 6) is 0. The smallest absolute Gasteiger partial charge is 0.331 e. The lowest BCUT2D eigenvalue weighted by molar-refractivity contribution is 0.173. The summed E-state index contributed by atoms with van der Waals surface area (Å²) < 4.78 is 11.8. The zero-order valence-electron chi connectivity index (χ0n) is 13.8. The zero-order chi connectivity index (χ0) is 14.4. The van der Waals surface area contributed by atoms with Crippen molar-refractivity contribution >= 4 is 8.56 Å². The molecule has 0 rings (SSSR count). The molecular formula is C16H36O2Si. The average Bonchev–Trinajstić information content (AvgIpc) is 2.37. The first kappa shape index (κ1) is 19.1. The van der Waals surface area contributed by atoms with Crippen LogP contribution in [-0.4, -0.2) is 21.8 Å². The van der Waals surface area contributed by atoms with Gasteiger partial charge in [-0.15, -0.1) is 0 Å².